The summed E-state index contributed by atoms with van der Waals surface area (Å²) in [5.74, 6) is -0.0860. The molecule has 2 bridgehead atoms. The van der Waals surface area contributed by atoms with Gasteiger partial charge in [0, 0.05) is 28.8 Å². The van der Waals surface area contributed by atoms with Gasteiger partial charge in [-0.3, -0.25) is 0 Å². The maximum atomic E-state index is 10.7. The number of carboxylic acids is 1. The van der Waals surface area contributed by atoms with Crippen LogP contribution in [0.4, 0.5) is 5.69 Å². The number of halogens is 1. The summed E-state index contributed by atoms with van der Waals surface area (Å²) in [5, 5.41) is 8.78. The summed E-state index contributed by atoms with van der Waals surface area (Å²) in [6.07, 6.45) is 6.79. The van der Waals surface area contributed by atoms with Crippen molar-refractivity contribution in [2.45, 2.75) is 25.3 Å². The molecular weight excluding hydrogens is 306 g/mol. The van der Waals surface area contributed by atoms with Gasteiger partial charge in [-0.2, -0.15) is 0 Å². The molecule has 2 fully saturated rings. The van der Waals surface area contributed by atoms with Crippen LogP contribution >= 0.6 is 15.9 Å². The maximum absolute atomic E-state index is 10.7. The van der Waals surface area contributed by atoms with Gasteiger partial charge in [-0.25, -0.2) is 4.79 Å². The van der Waals surface area contributed by atoms with Crippen molar-refractivity contribution in [2.24, 2.45) is 5.92 Å². The van der Waals surface area contributed by atoms with E-state index in [2.05, 4.69) is 26.9 Å². The van der Waals surface area contributed by atoms with Crippen LogP contribution in [0.15, 0.2) is 28.7 Å². The molecule has 1 N–H and O–H groups in total. The number of rotatable bonds is 3. The van der Waals surface area contributed by atoms with E-state index in [-0.39, 0.29) is 0 Å². The number of piperidine rings is 1. The number of fused-ring (bicyclic) bond motifs is 2. The second-order valence-corrected chi connectivity index (χ2v) is 6.28. The van der Waals surface area contributed by atoms with E-state index in [0.29, 0.717) is 6.04 Å². The monoisotopic (exact) mass is 321 g/mol. The molecule has 2 aliphatic rings. The van der Waals surface area contributed by atoms with Crippen LogP contribution in [0, 0.1) is 5.92 Å². The molecule has 1 heterocycles. The third kappa shape index (κ3) is 2.54. The first kappa shape index (κ1) is 12.7. The van der Waals surface area contributed by atoms with Gasteiger partial charge in [0.1, 0.15) is 0 Å². The zero-order chi connectivity index (χ0) is 13.4. The van der Waals surface area contributed by atoms with Gasteiger partial charge in [-0.15, -0.1) is 0 Å². The fraction of sp³-hybridized carbons (Fsp3) is 0.400. The molecule has 0 amide bonds. The third-order valence-corrected chi connectivity index (χ3v) is 4.61. The van der Waals surface area contributed by atoms with Crippen LogP contribution in [0.25, 0.3) is 6.08 Å². The summed E-state index contributed by atoms with van der Waals surface area (Å²) >= 11 is 3.51. The number of nitrogens with zero attached hydrogens (tertiary/aromatic N) is 1. The molecule has 2 atom stereocenters. The Labute approximate surface area is 121 Å². The fourth-order valence-electron chi connectivity index (χ4n) is 3.29. The minimum atomic E-state index is -0.906. The average Bonchev–Trinajstić information content (AvgIpc) is 2.99. The summed E-state index contributed by atoms with van der Waals surface area (Å²) in [7, 11) is 0. The van der Waals surface area contributed by atoms with Crippen molar-refractivity contribution < 1.29 is 9.90 Å². The number of hydrogen-bond acceptors (Lipinski definition) is 2. The van der Waals surface area contributed by atoms with E-state index in [0.717, 1.165) is 28.2 Å². The van der Waals surface area contributed by atoms with Crippen molar-refractivity contribution in [2.75, 3.05) is 11.4 Å². The lowest BCUT2D eigenvalue weighted by atomic mass is 10.1. The van der Waals surface area contributed by atoms with Gasteiger partial charge in [0.2, 0.25) is 0 Å². The molecule has 1 saturated heterocycles. The smallest absolute Gasteiger partial charge is 0.328 e. The van der Waals surface area contributed by atoms with Gasteiger partial charge in [0.25, 0.3) is 0 Å². The summed E-state index contributed by atoms with van der Waals surface area (Å²) in [5.41, 5.74) is 2.14. The molecule has 3 nitrogen and oxygen atoms in total. The Morgan fingerprint density at radius 3 is 2.89 bits per heavy atom. The first-order valence-electron chi connectivity index (χ1n) is 6.60. The lowest BCUT2D eigenvalue weighted by Gasteiger charge is -2.30. The molecule has 1 saturated carbocycles. The van der Waals surface area contributed by atoms with Crippen molar-refractivity contribution in [3.05, 3.63) is 34.3 Å². The van der Waals surface area contributed by atoms with Gasteiger partial charge in [-0.1, -0.05) is 22.0 Å². The van der Waals surface area contributed by atoms with Gasteiger partial charge in [-0.05, 0) is 49.0 Å². The first-order valence-corrected chi connectivity index (χ1v) is 7.40. The minimum absolute atomic E-state index is 0.635. The van der Waals surface area contributed by atoms with Crippen LogP contribution in [-0.4, -0.2) is 23.7 Å². The van der Waals surface area contributed by atoms with Crippen molar-refractivity contribution in [3.63, 3.8) is 0 Å². The van der Waals surface area contributed by atoms with Crippen molar-refractivity contribution in [1.82, 2.24) is 0 Å². The molecular formula is C15H16BrNO2. The summed E-state index contributed by atoms with van der Waals surface area (Å²) in [6.45, 7) is 1.11. The van der Waals surface area contributed by atoms with Crippen molar-refractivity contribution in [3.8, 4) is 0 Å². The molecule has 0 spiro atoms. The SMILES string of the molecule is O=C(O)C=Cc1ccc(Br)cc1N1CC2CCC1C2. The number of aliphatic carboxylic acids is 1. The Bertz CT molecular complexity index is 541. The van der Waals surface area contributed by atoms with E-state index < -0.39 is 5.97 Å². The highest BCUT2D eigenvalue weighted by atomic mass is 79.9. The highest BCUT2D eigenvalue weighted by Gasteiger charge is 2.38. The Kier molecular flexibility index (Phi) is 3.35. The fourth-order valence-corrected chi connectivity index (χ4v) is 3.64. The summed E-state index contributed by atoms with van der Waals surface area (Å²) in [4.78, 5) is 13.1. The van der Waals surface area contributed by atoms with Gasteiger partial charge >= 0.3 is 5.97 Å². The molecule has 2 unspecified atom stereocenters. The highest BCUT2D eigenvalue weighted by Crippen LogP contribution is 2.42. The minimum Gasteiger partial charge on any atom is -0.478 e. The molecule has 0 radical (unpaired) electrons. The lowest BCUT2D eigenvalue weighted by molar-refractivity contribution is -0.131. The number of benzene rings is 1. The number of hydrogen-bond donors (Lipinski definition) is 1. The largest absolute Gasteiger partial charge is 0.478 e. The van der Waals surface area contributed by atoms with Gasteiger partial charge in [0.05, 0.1) is 0 Å². The Hall–Kier alpha value is -1.29. The van der Waals surface area contributed by atoms with Crippen molar-refractivity contribution in [1.29, 1.82) is 0 Å². The Morgan fingerprint density at radius 1 is 1.42 bits per heavy atom. The molecule has 1 aliphatic carbocycles. The Balaban J connectivity index is 1.94. The summed E-state index contributed by atoms with van der Waals surface area (Å²) < 4.78 is 1.04. The van der Waals surface area contributed by atoms with Crippen LogP contribution in [-0.2, 0) is 4.79 Å². The third-order valence-electron chi connectivity index (χ3n) is 4.12. The number of carbonyl (C=O) groups is 1. The molecule has 1 aliphatic heterocycles. The normalized spacial score (nSPS) is 25.4. The molecule has 100 valence electrons. The maximum Gasteiger partial charge on any atom is 0.328 e. The molecule has 19 heavy (non-hydrogen) atoms. The van der Waals surface area contributed by atoms with Crippen LogP contribution in [0.2, 0.25) is 0 Å². The second kappa shape index (κ2) is 5.00. The molecule has 0 aromatic heterocycles. The average molecular weight is 322 g/mol. The van der Waals surface area contributed by atoms with Crippen LogP contribution in [0.1, 0.15) is 24.8 Å². The van der Waals surface area contributed by atoms with Crippen LogP contribution in [0.3, 0.4) is 0 Å². The topological polar surface area (TPSA) is 40.5 Å². The second-order valence-electron chi connectivity index (χ2n) is 5.36. The molecule has 1 aromatic rings. The zero-order valence-corrected chi connectivity index (χ0v) is 12.1. The summed E-state index contributed by atoms with van der Waals surface area (Å²) in [6, 6.07) is 6.67. The van der Waals surface area contributed by atoms with Gasteiger partial charge in [0.15, 0.2) is 0 Å². The molecule has 4 heteroatoms. The van der Waals surface area contributed by atoms with E-state index in [4.69, 9.17) is 5.11 Å². The standard InChI is InChI=1S/C15H16BrNO2/c16-12-4-2-11(3-6-15(18)19)14(8-12)17-9-10-1-5-13(17)7-10/h2-4,6,8,10,13H,1,5,7,9H2,(H,18,19). The first-order chi connectivity index (χ1) is 9.13. The van der Waals surface area contributed by atoms with E-state index in [1.54, 1.807) is 6.08 Å². The van der Waals surface area contributed by atoms with Crippen LogP contribution < -0.4 is 4.90 Å². The number of anilines is 1. The molecule has 3 rings (SSSR count). The van der Waals surface area contributed by atoms with E-state index in [1.165, 1.54) is 25.3 Å². The van der Waals surface area contributed by atoms with E-state index in [9.17, 15) is 4.79 Å². The highest BCUT2D eigenvalue weighted by molar-refractivity contribution is 9.10. The number of carboxylic acid groups (broad SMARTS) is 1. The molecule has 1 aromatic carbocycles. The van der Waals surface area contributed by atoms with E-state index in [1.807, 2.05) is 12.1 Å². The predicted molar refractivity (Wildman–Crippen MR) is 79.3 cm³/mol. The van der Waals surface area contributed by atoms with Crippen molar-refractivity contribution >= 4 is 33.7 Å². The lowest BCUT2D eigenvalue weighted by Crippen LogP contribution is -2.32. The van der Waals surface area contributed by atoms with Crippen LogP contribution in [0.5, 0.6) is 0 Å². The zero-order valence-electron chi connectivity index (χ0n) is 10.6. The van der Waals surface area contributed by atoms with E-state index >= 15 is 0 Å². The Morgan fingerprint density at radius 2 is 2.26 bits per heavy atom. The predicted octanol–water partition coefficient (Wildman–Crippen LogP) is 3.54. The van der Waals surface area contributed by atoms with Gasteiger partial charge < -0.3 is 10.0 Å². The quantitative estimate of drug-likeness (QED) is 0.866.